The molecule has 2 aromatic heterocycles. The number of nitrogens with zero attached hydrogens (tertiary/aromatic N) is 1. The van der Waals surface area contributed by atoms with Crippen LogP contribution in [0.3, 0.4) is 0 Å². The lowest BCUT2D eigenvalue weighted by Crippen LogP contribution is -2.46. The Bertz CT molecular complexity index is 688. The van der Waals surface area contributed by atoms with Gasteiger partial charge in [-0.15, -0.1) is 22.7 Å². The molecule has 0 saturated carbocycles. The van der Waals surface area contributed by atoms with Crippen molar-refractivity contribution in [2.75, 3.05) is 7.05 Å². The fourth-order valence-electron chi connectivity index (χ4n) is 3.52. The van der Waals surface area contributed by atoms with Crippen molar-refractivity contribution in [2.24, 2.45) is 0 Å². The summed E-state index contributed by atoms with van der Waals surface area (Å²) in [5.74, 6) is -0.568. The largest absolute Gasteiger partial charge is 0.460 e. The summed E-state index contributed by atoms with van der Waals surface area (Å²) >= 11 is 2.74. The van der Waals surface area contributed by atoms with Crippen LogP contribution in [-0.4, -0.2) is 41.2 Å². The van der Waals surface area contributed by atoms with Gasteiger partial charge in [-0.1, -0.05) is 24.3 Å². The first kappa shape index (κ1) is 16.0. The lowest BCUT2D eigenvalue weighted by molar-refractivity contribution is -0.170. The zero-order valence-electron chi connectivity index (χ0n) is 13.3. The average Bonchev–Trinajstić information content (AvgIpc) is 3.30. The van der Waals surface area contributed by atoms with Crippen LogP contribution in [0.1, 0.15) is 22.6 Å². The Morgan fingerprint density at radius 2 is 1.71 bits per heavy atom. The smallest absolute Gasteiger partial charge is 0.349 e. The van der Waals surface area contributed by atoms with Gasteiger partial charge in [-0.3, -0.25) is 4.90 Å². The second-order valence-electron chi connectivity index (χ2n) is 6.35. The molecule has 6 heteroatoms. The molecule has 2 aromatic rings. The summed E-state index contributed by atoms with van der Waals surface area (Å²) in [4.78, 5) is 16.5. The number of rotatable bonds is 4. The van der Waals surface area contributed by atoms with Crippen LogP contribution in [0.2, 0.25) is 0 Å². The van der Waals surface area contributed by atoms with Gasteiger partial charge in [0.05, 0.1) is 9.75 Å². The number of ether oxygens (including phenoxy) is 1. The van der Waals surface area contributed by atoms with E-state index in [2.05, 4.69) is 24.1 Å². The highest BCUT2D eigenvalue weighted by Crippen LogP contribution is 2.38. The van der Waals surface area contributed by atoms with E-state index in [-0.39, 0.29) is 6.10 Å². The first-order chi connectivity index (χ1) is 11.6. The number of fused-ring (bicyclic) bond motifs is 2. The van der Waals surface area contributed by atoms with Crippen molar-refractivity contribution < 1.29 is 14.6 Å². The van der Waals surface area contributed by atoms with E-state index in [0.29, 0.717) is 21.8 Å². The highest BCUT2D eigenvalue weighted by atomic mass is 32.1. The van der Waals surface area contributed by atoms with Gasteiger partial charge in [0, 0.05) is 24.9 Å². The molecule has 0 amide bonds. The fourth-order valence-corrected chi connectivity index (χ4v) is 5.24. The van der Waals surface area contributed by atoms with E-state index in [9.17, 15) is 9.90 Å². The van der Waals surface area contributed by atoms with Crippen molar-refractivity contribution in [2.45, 2.75) is 36.6 Å². The minimum absolute atomic E-state index is 0.162. The third-order valence-corrected chi connectivity index (χ3v) is 6.89. The first-order valence-corrected chi connectivity index (χ1v) is 9.76. The first-order valence-electron chi connectivity index (χ1n) is 8.00. The highest BCUT2D eigenvalue weighted by Gasteiger charge is 2.46. The van der Waals surface area contributed by atoms with E-state index < -0.39 is 11.6 Å². The van der Waals surface area contributed by atoms with Crippen LogP contribution in [0.5, 0.6) is 0 Å². The molecule has 1 N–H and O–H groups in total. The minimum Gasteiger partial charge on any atom is -0.460 e. The maximum absolute atomic E-state index is 13.0. The number of aliphatic hydroxyl groups is 1. The van der Waals surface area contributed by atoms with Crippen molar-refractivity contribution in [1.29, 1.82) is 0 Å². The van der Waals surface area contributed by atoms with Gasteiger partial charge in [0.2, 0.25) is 5.60 Å². The second kappa shape index (κ2) is 6.11. The van der Waals surface area contributed by atoms with E-state index in [4.69, 9.17) is 4.74 Å². The standard InChI is InChI=1S/C18H19NO3S2/c1-19-12-6-7-13(19)11-14(10-12)22-17(20)18(21,15-4-2-8-23-15)16-5-3-9-24-16/h2-9,12-14,21H,10-11H2,1H3/t12-,13?,14-/m1/s1. The van der Waals surface area contributed by atoms with Crippen molar-refractivity contribution in [3.63, 3.8) is 0 Å². The van der Waals surface area contributed by atoms with Crippen molar-refractivity contribution in [1.82, 2.24) is 4.90 Å². The van der Waals surface area contributed by atoms with Gasteiger partial charge in [-0.2, -0.15) is 0 Å². The van der Waals surface area contributed by atoms with Gasteiger partial charge in [-0.25, -0.2) is 4.79 Å². The molecule has 1 fully saturated rings. The molecule has 2 aliphatic heterocycles. The number of carbonyl (C=O) groups is 1. The molecular formula is C18H19NO3S2. The highest BCUT2D eigenvalue weighted by molar-refractivity contribution is 7.12. The molecule has 126 valence electrons. The van der Waals surface area contributed by atoms with Gasteiger partial charge in [0.25, 0.3) is 0 Å². The molecule has 0 aromatic carbocycles. The third kappa shape index (κ3) is 2.54. The molecule has 2 bridgehead atoms. The topological polar surface area (TPSA) is 49.8 Å². The summed E-state index contributed by atoms with van der Waals surface area (Å²) in [6.07, 6.45) is 5.76. The van der Waals surface area contributed by atoms with Gasteiger partial charge >= 0.3 is 5.97 Å². The lowest BCUT2D eigenvalue weighted by Gasteiger charge is -2.37. The predicted octanol–water partition coefficient (Wildman–Crippen LogP) is 2.99. The van der Waals surface area contributed by atoms with E-state index in [0.717, 1.165) is 12.8 Å². The van der Waals surface area contributed by atoms with Crippen LogP contribution in [0.4, 0.5) is 0 Å². The monoisotopic (exact) mass is 361 g/mol. The zero-order valence-corrected chi connectivity index (χ0v) is 14.9. The Kier molecular flexibility index (Phi) is 4.08. The van der Waals surface area contributed by atoms with E-state index in [1.165, 1.54) is 22.7 Å². The Balaban J connectivity index is 1.57. The van der Waals surface area contributed by atoms with Crippen molar-refractivity contribution >= 4 is 28.6 Å². The average molecular weight is 361 g/mol. The Labute approximate surface area is 149 Å². The molecule has 3 atom stereocenters. The summed E-state index contributed by atoms with van der Waals surface area (Å²) in [5, 5.41) is 15.0. The summed E-state index contributed by atoms with van der Waals surface area (Å²) in [6, 6.07) is 7.88. The number of hydrogen-bond acceptors (Lipinski definition) is 6. The summed E-state index contributed by atoms with van der Waals surface area (Å²) in [6.45, 7) is 0. The summed E-state index contributed by atoms with van der Waals surface area (Å²) in [7, 11) is 2.10. The molecular weight excluding hydrogens is 342 g/mol. The van der Waals surface area contributed by atoms with Gasteiger partial charge in [-0.05, 0) is 29.9 Å². The molecule has 24 heavy (non-hydrogen) atoms. The maximum Gasteiger partial charge on any atom is 0.349 e. The molecule has 1 unspecified atom stereocenters. The quantitative estimate of drug-likeness (QED) is 0.672. The van der Waals surface area contributed by atoms with Gasteiger partial charge in [0.1, 0.15) is 6.10 Å². The summed E-state index contributed by atoms with van der Waals surface area (Å²) < 4.78 is 5.79. The molecule has 1 saturated heterocycles. The Morgan fingerprint density at radius 3 is 2.17 bits per heavy atom. The number of hydrogen-bond donors (Lipinski definition) is 1. The maximum atomic E-state index is 13.0. The number of thiophene rings is 2. The molecule has 0 spiro atoms. The van der Waals surface area contributed by atoms with Crippen molar-refractivity contribution in [3.05, 3.63) is 56.9 Å². The zero-order chi connectivity index (χ0) is 16.7. The number of carbonyl (C=O) groups excluding carboxylic acids is 1. The molecule has 0 radical (unpaired) electrons. The van der Waals surface area contributed by atoms with E-state index >= 15 is 0 Å². The third-order valence-electron chi connectivity index (χ3n) is 4.94. The van der Waals surface area contributed by atoms with Crippen LogP contribution in [-0.2, 0) is 15.1 Å². The predicted molar refractivity (Wildman–Crippen MR) is 95.2 cm³/mol. The minimum atomic E-state index is -1.71. The van der Waals surface area contributed by atoms with Crippen LogP contribution >= 0.6 is 22.7 Å². The Morgan fingerprint density at radius 1 is 1.17 bits per heavy atom. The number of esters is 1. The SMILES string of the molecule is CN1C2C=C[C@@H]1C[C@@H](OC(=O)C(O)(c1cccs1)c1cccs1)C2. The number of likely N-dealkylation sites (N-methyl/N-ethyl adjacent to an activating group) is 1. The van der Waals surface area contributed by atoms with Crippen molar-refractivity contribution in [3.8, 4) is 0 Å². The molecule has 4 rings (SSSR count). The van der Waals surface area contributed by atoms with Gasteiger partial charge in [0.15, 0.2) is 0 Å². The van der Waals surface area contributed by atoms with Crippen LogP contribution in [0.25, 0.3) is 0 Å². The normalized spacial score (nSPS) is 26.7. The van der Waals surface area contributed by atoms with Crippen LogP contribution in [0, 0.1) is 0 Å². The molecule has 4 nitrogen and oxygen atoms in total. The lowest BCUT2D eigenvalue weighted by atomic mass is 9.97. The van der Waals surface area contributed by atoms with E-state index in [1.54, 1.807) is 12.1 Å². The van der Waals surface area contributed by atoms with Crippen LogP contribution < -0.4 is 0 Å². The fraction of sp³-hybridized carbons (Fsp3) is 0.389. The molecule has 0 aliphatic carbocycles. The van der Waals surface area contributed by atoms with Gasteiger partial charge < -0.3 is 9.84 Å². The second-order valence-corrected chi connectivity index (χ2v) is 8.24. The summed E-state index contributed by atoms with van der Waals surface area (Å²) in [5.41, 5.74) is -1.71. The number of piperidine rings is 1. The van der Waals surface area contributed by atoms with E-state index in [1.807, 2.05) is 22.9 Å². The molecule has 4 heterocycles. The molecule has 2 aliphatic rings. The van der Waals surface area contributed by atoms with Crippen LogP contribution in [0.15, 0.2) is 47.2 Å². The Hall–Kier alpha value is -1.47.